The first-order valence-corrected chi connectivity index (χ1v) is 8.56. The highest BCUT2D eigenvalue weighted by atomic mass is 16.2. The topological polar surface area (TPSA) is 58.4 Å². The molecule has 24 heavy (non-hydrogen) atoms. The molecule has 1 aliphatic rings. The average molecular weight is 328 g/mol. The highest BCUT2D eigenvalue weighted by molar-refractivity contribution is 5.81. The number of benzene rings is 1. The van der Waals surface area contributed by atoms with Gasteiger partial charge in [0.1, 0.15) is 6.54 Å². The summed E-state index contributed by atoms with van der Waals surface area (Å²) in [6.07, 6.45) is 5.43. The summed E-state index contributed by atoms with van der Waals surface area (Å²) in [7, 11) is 1.79. The molecule has 6 nitrogen and oxygen atoms in total. The SMILES string of the molecule is CN(CCN1CCCCC1)C(=O)Cn1ncc2ccccc2c1=O. The summed E-state index contributed by atoms with van der Waals surface area (Å²) in [5, 5.41) is 5.51. The van der Waals surface area contributed by atoms with Crippen LogP contribution in [0.3, 0.4) is 0 Å². The highest BCUT2D eigenvalue weighted by Gasteiger charge is 2.15. The van der Waals surface area contributed by atoms with Crippen LogP contribution >= 0.6 is 0 Å². The van der Waals surface area contributed by atoms with E-state index in [1.54, 1.807) is 24.2 Å². The van der Waals surface area contributed by atoms with Crippen molar-refractivity contribution >= 4 is 16.7 Å². The maximum atomic E-state index is 12.4. The molecule has 0 bridgehead atoms. The lowest BCUT2D eigenvalue weighted by Gasteiger charge is -2.28. The Morgan fingerprint density at radius 1 is 1.21 bits per heavy atom. The summed E-state index contributed by atoms with van der Waals surface area (Å²) in [5.41, 5.74) is -0.217. The Hall–Kier alpha value is -2.21. The number of piperidine rings is 1. The van der Waals surface area contributed by atoms with Crippen molar-refractivity contribution < 1.29 is 4.79 Å². The minimum absolute atomic E-state index is 0.0137. The number of rotatable bonds is 5. The molecule has 2 heterocycles. The molecule has 2 aromatic rings. The molecule has 6 heteroatoms. The molecule has 1 aromatic carbocycles. The maximum absolute atomic E-state index is 12.4. The van der Waals surface area contributed by atoms with E-state index in [9.17, 15) is 9.59 Å². The molecule has 3 rings (SSSR count). The second-order valence-corrected chi connectivity index (χ2v) is 6.41. The number of carbonyl (C=O) groups excluding carboxylic acids is 1. The van der Waals surface area contributed by atoms with Crippen molar-refractivity contribution in [1.82, 2.24) is 19.6 Å². The van der Waals surface area contributed by atoms with Gasteiger partial charge in [0.15, 0.2) is 0 Å². The minimum Gasteiger partial charge on any atom is -0.343 e. The van der Waals surface area contributed by atoms with Gasteiger partial charge in [-0.1, -0.05) is 24.6 Å². The fourth-order valence-electron chi connectivity index (χ4n) is 3.09. The van der Waals surface area contributed by atoms with Gasteiger partial charge in [0.25, 0.3) is 5.56 Å². The number of amides is 1. The molecule has 0 atom stereocenters. The zero-order chi connectivity index (χ0) is 16.9. The molecule has 0 unspecified atom stereocenters. The molecular formula is C18H24N4O2. The van der Waals surface area contributed by atoms with Crippen molar-refractivity contribution in [2.45, 2.75) is 25.8 Å². The van der Waals surface area contributed by atoms with E-state index in [1.165, 1.54) is 23.9 Å². The van der Waals surface area contributed by atoms with E-state index >= 15 is 0 Å². The predicted molar refractivity (Wildman–Crippen MR) is 93.9 cm³/mol. The molecule has 0 radical (unpaired) electrons. The Morgan fingerprint density at radius 2 is 1.96 bits per heavy atom. The van der Waals surface area contributed by atoms with Crippen LogP contribution in [0.15, 0.2) is 35.3 Å². The van der Waals surface area contributed by atoms with Crippen LogP contribution in [0.1, 0.15) is 19.3 Å². The molecule has 0 N–H and O–H groups in total. The van der Waals surface area contributed by atoms with Gasteiger partial charge in [0.2, 0.25) is 5.91 Å². The van der Waals surface area contributed by atoms with Gasteiger partial charge in [0.05, 0.1) is 11.6 Å². The standard InChI is InChI=1S/C18H24N4O2/c1-20(11-12-21-9-5-2-6-10-21)17(23)14-22-18(24)16-8-4-3-7-15(16)13-19-22/h3-4,7-8,13H,2,5-6,9-12,14H2,1H3. The van der Waals surface area contributed by atoms with Crippen LogP contribution in [-0.2, 0) is 11.3 Å². The third-order valence-corrected chi connectivity index (χ3v) is 4.67. The zero-order valence-electron chi connectivity index (χ0n) is 14.1. The van der Waals surface area contributed by atoms with E-state index in [0.29, 0.717) is 11.9 Å². The predicted octanol–water partition coefficient (Wildman–Crippen LogP) is 1.34. The summed E-state index contributed by atoms with van der Waals surface area (Å²) in [4.78, 5) is 28.9. The van der Waals surface area contributed by atoms with Gasteiger partial charge in [-0.25, -0.2) is 4.68 Å². The first-order chi connectivity index (χ1) is 11.6. The Labute approximate surface area is 141 Å². The summed E-state index contributed by atoms with van der Waals surface area (Å²) < 4.78 is 1.25. The number of nitrogens with zero attached hydrogens (tertiary/aromatic N) is 4. The number of fused-ring (bicyclic) bond motifs is 1. The van der Waals surface area contributed by atoms with E-state index in [4.69, 9.17) is 0 Å². The van der Waals surface area contributed by atoms with Crippen LogP contribution in [-0.4, -0.2) is 58.7 Å². The van der Waals surface area contributed by atoms with E-state index in [1.807, 2.05) is 18.2 Å². The van der Waals surface area contributed by atoms with Gasteiger partial charge in [0, 0.05) is 25.5 Å². The van der Waals surface area contributed by atoms with E-state index < -0.39 is 0 Å². The quantitative estimate of drug-likeness (QED) is 0.831. The van der Waals surface area contributed by atoms with Gasteiger partial charge in [-0.3, -0.25) is 9.59 Å². The third kappa shape index (κ3) is 3.82. The Kier molecular flexibility index (Phi) is 5.25. The van der Waals surface area contributed by atoms with Crippen LogP contribution in [0.25, 0.3) is 10.8 Å². The van der Waals surface area contributed by atoms with Crippen molar-refractivity contribution in [1.29, 1.82) is 0 Å². The Balaban J connectivity index is 1.61. The lowest BCUT2D eigenvalue weighted by atomic mass is 10.1. The van der Waals surface area contributed by atoms with E-state index in [2.05, 4.69) is 10.00 Å². The highest BCUT2D eigenvalue weighted by Crippen LogP contribution is 2.08. The van der Waals surface area contributed by atoms with Crippen LogP contribution < -0.4 is 5.56 Å². The minimum atomic E-state index is -0.217. The van der Waals surface area contributed by atoms with Crippen molar-refractivity contribution in [2.24, 2.45) is 0 Å². The number of hydrogen-bond donors (Lipinski definition) is 0. The largest absolute Gasteiger partial charge is 0.343 e. The summed E-state index contributed by atoms with van der Waals surface area (Å²) in [6.45, 7) is 3.80. The third-order valence-electron chi connectivity index (χ3n) is 4.67. The number of carbonyl (C=O) groups is 1. The fraction of sp³-hybridized carbons (Fsp3) is 0.500. The second kappa shape index (κ2) is 7.57. The zero-order valence-corrected chi connectivity index (χ0v) is 14.1. The van der Waals surface area contributed by atoms with Gasteiger partial charge < -0.3 is 9.80 Å². The van der Waals surface area contributed by atoms with Gasteiger partial charge >= 0.3 is 0 Å². The summed E-state index contributed by atoms with van der Waals surface area (Å²) in [5.74, 6) is -0.0862. The van der Waals surface area contributed by atoms with Crippen LogP contribution in [0.4, 0.5) is 0 Å². The fourth-order valence-corrected chi connectivity index (χ4v) is 3.09. The number of likely N-dealkylation sites (N-methyl/N-ethyl adjacent to an activating group) is 1. The summed E-state index contributed by atoms with van der Waals surface area (Å²) in [6, 6.07) is 7.30. The van der Waals surface area contributed by atoms with Crippen LogP contribution in [0.2, 0.25) is 0 Å². The molecule has 1 saturated heterocycles. The maximum Gasteiger partial charge on any atom is 0.275 e. The van der Waals surface area contributed by atoms with Gasteiger partial charge in [-0.2, -0.15) is 5.10 Å². The lowest BCUT2D eigenvalue weighted by molar-refractivity contribution is -0.131. The molecule has 1 amide bonds. The lowest BCUT2D eigenvalue weighted by Crippen LogP contribution is -2.41. The number of hydrogen-bond acceptors (Lipinski definition) is 4. The number of likely N-dealkylation sites (tertiary alicyclic amines) is 1. The van der Waals surface area contributed by atoms with Crippen LogP contribution in [0.5, 0.6) is 0 Å². The monoisotopic (exact) mass is 328 g/mol. The van der Waals surface area contributed by atoms with Crippen LogP contribution in [0, 0.1) is 0 Å². The Morgan fingerprint density at radius 3 is 2.75 bits per heavy atom. The van der Waals surface area contributed by atoms with Gasteiger partial charge in [-0.15, -0.1) is 0 Å². The smallest absolute Gasteiger partial charge is 0.275 e. The summed E-state index contributed by atoms with van der Waals surface area (Å²) >= 11 is 0. The second-order valence-electron chi connectivity index (χ2n) is 6.41. The van der Waals surface area contributed by atoms with Crippen molar-refractivity contribution in [3.8, 4) is 0 Å². The average Bonchev–Trinajstić information content (AvgIpc) is 2.63. The van der Waals surface area contributed by atoms with Gasteiger partial charge in [-0.05, 0) is 32.0 Å². The molecule has 0 aliphatic carbocycles. The van der Waals surface area contributed by atoms with Crippen molar-refractivity contribution in [2.75, 3.05) is 33.2 Å². The molecule has 0 saturated carbocycles. The molecule has 1 aromatic heterocycles. The molecule has 0 spiro atoms. The molecular weight excluding hydrogens is 304 g/mol. The normalized spacial score (nSPS) is 15.5. The van der Waals surface area contributed by atoms with Crippen molar-refractivity contribution in [3.63, 3.8) is 0 Å². The molecule has 1 aliphatic heterocycles. The van der Waals surface area contributed by atoms with Crippen molar-refractivity contribution in [3.05, 3.63) is 40.8 Å². The first-order valence-electron chi connectivity index (χ1n) is 8.56. The Bertz CT molecular complexity index is 765. The molecule has 128 valence electrons. The first kappa shape index (κ1) is 16.6. The van der Waals surface area contributed by atoms with E-state index in [-0.39, 0.29) is 18.0 Å². The number of aromatic nitrogens is 2. The van der Waals surface area contributed by atoms with E-state index in [0.717, 1.165) is 25.0 Å². The molecule has 1 fully saturated rings.